The summed E-state index contributed by atoms with van der Waals surface area (Å²) in [7, 11) is 0. The van der Waals surface area contributed by atoms with Crippen molar-refractivity contribution in [2.45, 2.75) is 26.2 Å². The van der Waals surface area contributed by atoms with E-state index in [1.54, 1.807) is 0 Å². The topological polar surface area (TPSA) is 41.6 Å². The standard InChI is InChI=1S/C12H22N2O2/c1-3-16-10-4-7-13-12(15)14-8-5-11(2)6-9-14/h3,11H,1,4-10H2,2H3,(H,13,15). The molecule has 0 atom stereocenters. The first-order valence-electron chi connectivity index (χ1n) is 5.99. The summed E-state index contributed by atoms with van der Waals surface area (Å²) >= 11 is 0. The van der Waals surface area contributed by atoms with Gasteiger partial charge in [-0.05, 0) is 25.2 Å². The van der Waals surface area contributed by atoms with Gasteiger partial charge in [-0.3, -0.25) is 0 Å². The average Bonchev–Trinajstić information content (AvgIpc) is 2.29. The zero-order valence-corrected chi connectivity index (χ0v) is 10.1. The Labute approximate surface area is 97.6 Å². The van der Waals surface area contributed by atoms with Crippen molar-refractivity contribution in [3.63, 3.8) is 0 Å². The molecule has 16 heavy (non-hydrogen) atoms. The summed E-state index contributed by atoms with van der Waals surface area (Å²) in [5.41, 5.74) is 0. The molecule has 0 bridgehead atoms. The molecule has 1 aliphatic rings. The highest BCUT2D eigenvalue weighted by atomic mass is 16.5. The van der Waals surface area contributed by atoms with Crippen LogP contribution in [0.3, 0.4) is 0 Å². The van der Waals surface area contributed by atoms with E-state index >= 15 is 0 Å². The van der Waals surface area contributed by atoms with Gasteiger partial charge in [0, 0.05) is 19.6 Å². The van der Waals surface area contributed by atoms with Gasteiger partial charge in [0.2, 0.25) is 0 Å². The minimum absolute atomic E-state index is 0.0607. The summed E-state index contributed by atoms with van der Waals surface area (Å²) in [6, 6.07) is 0.0607. The molecule has 0 aliphatic carbocycles. The van der Waals surface area contributed by atoms with Gasteiger partial charge in [-0.2, -0.15) is 0 Å². The van der Waals surface area contributed by atoms with Crippen LogP contribution in [0.1, 0.15) is 26.2 Å². The van der Waals surface area contributed by atoms with Gasteiger partial charge >= 0.3 is 6.03 Å². The summed E-state index contributed by atoms with van der Waals surface area (Å²) in [6.45, 7) is 8.74. The average molecular weight is 226 g/mol. The second-order valence-corrected chi connectivity index (χ2v) is 4.29. The molecule has 4 heteroatoms. The number of urea groups is 1. The molecule has 0 saturated carbocycles. The summed E-state index contributed by atoms with van der Waals surface area (Å²) in [5, 5.41) is 2.90. The molecule has 1 saturated heterocycles. The molecular weight excluding hydrogens is 204 g/mol. The number of nitrogens with one attached hydrogen (secondary N) is 1. The largest absolute Gasteiger partial charge is 0.502 e. The number of rotatable bonds is 5. The quantitative estimate of drug-likeness (QED) is 0.575. The lowest BCUT2D eigenvalue weighted by molar-refractivity contribution is 0.172. The fourth-order valence-corrected chi connectivity index (χ4v) is 1.76. The van der Waals surface area contributed by atoms with Crippen molar-refractivity contribution in [1.29, 1.82) is 0 Å². The van der Waals surface area contributed by atoms with Crippen LogP contribution >= 0.6 is 0 Å². The maximum atomic E-state index is 11.7. The Balaban J connectivity index is 2.08. The van der Waals surface area contributed by atoms with Crippen molar-refractivity contribution in [3.05, 3.63) is 12.8 Å². The number of ether oxygens (including phenoxy) is 1. The number of hydrogen-bond acceptors (Lipinski definition) is 2. The number of likely N-dealkylation sites (tertiary alicyclic amines) is 1. The SMILES string of the molecule is C=COCCCNC(=O)N1CCC(C)CC1. The smallest absolute Gasteiger partial charge is 0.317 e. The second kappa shape index (κ2) is 7.14. The number of hydrogen-bond donors (Lipinski definition) is 1. The van der Waals surface area contributed by atoms with Gasteiger partial charge in [-0.15, -0.1) is 0 Å². The third kappa shape index (κ3) is 4.55. The Kier molecular flexibility index (Phi) is 5.75. The van der Waals surface area contributed by atoms with E-state index in [1.807, 2.05) is 4.90 Å². The Morgan fingerprint density at radius 2 is 2.25 bits per heavy atom. The van der Waals surface area contributed by atoms with Gasteiger partial charge in [0.1, 0.15) is 0 Å². The molecule has 0 aromatic carbocycles. The molecule has 0 radical (unpaired) electrons. The molecule has 0 aromatic rings. The highest BCUT2D eigenvalue weighted by Gasteiger charge is 2.19. The highest BCUT2D eigenvalue weighted by molar-refractivity contribution is 5.74. The molecule has 1 aliphatic heterocycles. The van der Waals surface area contributed by atoms with Crippen LogP contribution in [0.5, 0.6) is 0 Å². The molecule has 1 heterocycles. The Hall–Kier alpha value is -1.19. The van der Waals surface area contributed by atoms with Crippen LogP contribution in [0.15, 0.2) is 12.8 Å². The summed E-state index contributed by atoms with van der Waals surface area (Å²) in [6.07, 6.45) is 4.48. The van der Waals surface area contributed by atoms with Gasteiger partial charge in [0.05, 0.1) is 12.9 Å². The Morgan fingerprint density at radius 3 is 2.88 bits per heavy atom. The first-order chi connectivity index (χ1) is 7.74. The van der Waals surface area contributed by atoms with Crippen LogP contribution in [0, 0.1) is 5.92 Å². The van der Waals surface area contributed by atoms with Crippen molar-refractivity contribution >= 4 is 6.03 Å². The molecule has 0 spiro atoms. The van der Waals surface area contributed by atoms with E-state index in [0.717, 1.165) is 38.3 Å². The van der Waals surface area contributed by atoms with E-state index in [4.69, 9.17) is 4.74 Å². The minimum Gasteiger partial charge on any atom is -0.502 e. The molecule has 4 nitrogen and oxygen atoms in total. The number of piperidine rings is 1. The van der Waals surface area contributed by atoms with Crippen molar-refractivity contribution in [1.82, 2.24) is 10.2 Å². The molecule has 92 valence electrons. The second-order valence-electron chi connectivity index (χ2n) is 4.29. The molecule has 1 N–H and O–H groups in total. The normalized spacial score (nSPS) is 16.9. The minimum atomic E-state index is 0.0607. The molecule has 0 unspecified atom stereocenters. The maximum absolute atomic E-state index is 11.7. The number of carbonyl (C=O) groups is 1. The van der Waals surface area contributed by atoms with Crippen LogP contribution in [0.2, 0.25) is 0 Å². The number of amides is 2. The lowest BCUT2D eigenvalue weighted by Gasteiger charge is -2.30. The number of nitrogens with zero attached hydrogens (tertiary/aromatic N) is 1. The molecule has 2 amide bonds. The third-order valence-corrected chi connectivity index (χ3v) is 2.90. The van der Waals surface area contributed by atoms with Crippen LogP contribution in [0.4, 0.5) is 4.79 Å². The van der Waals surface area contributed by atoms with E-state index in [-0.39, 0.29) is 6.03 Å². The van der Waals surface area contributed by atoms with Crippen LogP contribution in [0.25, 0.3) is 0 Å². The fraction of sp³-hybridized carbons (Fsp3) is 0.750. The number of carbonyl (C=O) groups excluding carboxylic acids is 1. The first-order valence-corrected chi connectivity index (χ1v) is 5.99. The van der Waals surface area contributed by atoms with Gasteiger partial charge in [-0.1, -0.05) is 13.5 Å². The zero-order valence-electron chi connectivity index (χ0n) is 10.1. The molecule has 0 aromatic heterocycles. The van der Waals surface area contributed by atoms with Crippen LogP contribution < -0.4 is 5.32 Å². The molecular formula is C12H22N2O2. The van der Waals surface area contributed by atoms with Crippen LogP contribution in [-0.2, 0) is 4.74 Å². The summed E-state index contributed by atoms with van der Waals surface area (Å²) in [5.74, 6) is 0.755. The Bertz CT molecular complexity index is 223. The summed E-state index contributed by atoms with van der Waals surface area (Å²) in [4.78, 5) is 13.6. The maximum Gasteiger partial charge on any atom is 0.317 e. The Morgan fingerprint density at radius 1 is 1.56 bits per heavy atom. The van der Waals surface area contributed by atoms with E-state index in [1.165, 1.54) is 6.26 Å². The lowest BCUT2D eigenvalue weighted by Crippen LogP contribution is -2.44. The monoisotopic (exact) mass is 226 g/mol. The zero-order chi connectivity index (χ0) is 11.8. The highest BCUT2D eigenvalue weighted by Crippen LogP contribution is 2.15. The van der Waals surface area contributed by atoms with Gasteiger partial charge < -0.3 is 15.0 Å². The lowest BCUT2D eigenvalue weighted by atomic mass is 10.00. The van der Waals surface area contributed by atoms with Crippen molar-refractivity contribution < 1.29 is 9.53 Å². The van der Waals surface area contributed by atoms with Crippen molar-refractivity contribution in [2.24, 2.45) is 5.92 Å². The predicted octanol–water partition coefficient (Wildman–Crippen LogP) is 1.98. The van der Waals surface area contributed by atoms with Crippen molar-refractivity contribution in [2.75, 3.05) is 26.2 Å². The van der Waals surface area contributed by atoms with E-state index < -0.39 is 0 Å². The van der Waals surface area contributed by atoms with Gasteiger partial charge in [-0.25, -0.2) is 4.79 Å². The summed E-state index contributed by atoms with van der Waals surface area (Å²) < 4.78 is 4.97. The third-order valence-electron chi connectivity index (χ3n) is 2.90. The van der Waals surface area contributed by atoms with E-state index in [2.05, 4.69) is 18.8 Å². The van der Waals surface area contributed by atoms with Gasteiger partial charge in [0.25, 0.3) is 0 Å². The molecule has 1 fully saturated rings. The van der Waals surface area contributed by atoms with Crippen LogP contribution in [-0.4, -0.2) is 37.2 Å². The van der Waals surface area contributed by atoms with E-state index in [9.17, 15) is 4.79 Å². The fourth-order valence-electron chi connectivity index (χ4n) is 1.76. The first kappa shape index (κ1) is 12.9. The van der Waals surface area contributed by atoms with E-state index in [0.29, 0.717) is 13.2 Å². The predicted molar refractivity (Wildman–Crippen MR) is 64.1 cm³/mol. The van der Waals surface area contributed by atoms with Crippen molar-refractivity contribution in [3.8, 4) is 0 Å². The molecule has 1 rings (SSSR count). The van der Waals surface area contributed by atoms with Gasteiger partial charge in [0.15, 0.2) is 0 Å².